The Kier molecular flexibility index (Phi) is 5.76. The molecule has 3 N–H and O–H groups in total. The van der Waals surface area contributed by atoms with Crippen molar-refractivity contribution >= 4 is 35.0 Å². The van der Waals surface area contributed by atoms with Crippen molar-refractivity contribution in [3.05, 3.63) is 88.3 Å². The van der Waals surface area contributed by atoms with E-state index in [1.807, 2.05) is 0 Å². The number of benzene rings is 2. The van der Waals surface area contributed by atoms with E-state index in [9.17, 15) is 14.4 Å². The maximum absolute atomic E-state index is 12.3. The molecule has 142 valence electrons. The van der Waals surface area contributed by atoms with Gasteiger partial charge >= 0.3 is 0 Å². The maximum atomic E-state index is 12.3. The third kappa shape index (κ3) is 4.57. The summed E-state index contributed by atoms with van der Waals surface area (Å²) in [4.78, 5) is 36.5. The highest BCUT2D eigenvalue weighted by molar-refractivity contribution is 6.30. The Morgan fingerprint density at radius 3 is 2.14 bits per heavy atom. The van der Waals surface area contributed by atoms with Crippen LogP contribution in [0.25, 0.3) is 0 Å². The summed E-state index contributed by atoms with van der Waals surface area (Å²) in [6.07, 6.45) is 1.40. The zero-order valence-electron chi connectivity index (χ0n) is 14.8. The molecule has 0 spiro atoms. The largest absolute Gasteiger partial charge is 0.459 e. The van der Waals surface area contributed by atoms with Crippen molar-refractivity contribution in [2.24, 2.45) is 0 Å². The van der Waals surface area contributed by atoms with Crippen LogP contribution < -0.4 is 16.2 Å². The fourth-order valence-corrected chi connectivity index (χ4v) is 2.47. The quantitative estimate of drug-likeness (QED) is 0.586. The Hall–Kier alpha value is -3.58. The number of hydrogen-bond donors (Lipinski definition) is 3. The Labute approximate surface area is 165 Å². The van der Waals surface area contributed by atoms with Gasteiger partial charge < -0.3 is 9.73 Å². The first-order chi connectivity index (χ1) is 13.4. The highest BCUT2D eigenvalue weighted by Crippen LogP contribution is 2.18. The van der Waals surface area contributed by atoms with Gasteiger partial charge in [-0.15, -0.1) is 0 Å². The second-order valence-corrected chi connectivity index (χ2v) is 6.31. The molecule has 1 heterocycles. The Balaban J connectivity index is 1.66. The number of aryl methyl sites for hydroxylation is 1. The summed E-state index contributed by atoms with van der Waals surface area (Å²) in [5.74, 6) is -1.29. The predicted octanol–water partition coefficient (Wildman–Crippen LogP) is 3.57. The van der Waals surface area contributed by atoms with E-state index in [0.717, 1.165) is 5.56 Å². The first kappa shape index (κ1) is 19.2. The van der Waals surface area contributed by atoms with Crippen LogP contribution in [0.3, 0.4) is 0 Å². The van der Waals surface area contributed by atoms with Gasteiger partial charge in [0.15, 0.2) is 5.76 Å². The van der Waals surface area contributed by atoms with Crippen LogP contribution in [-0.4, -0.2) is 17.7 Å². The fourth-order valence-electron chi connectivity index (χ4n) is 2.35. The van der Waals surface area contributed by atoms with Gasteiger partial charge in [0.2, 0.25) is 0 Å². The summed E-state index contributed by atoms with van der Waals surface area (Å²) in [5, 5.41) is 3.20. The lowest BCUT2D eigenvalue weighted by molar-refractivity contribution is 0.0846. The molecule has 3 rings (SSSR count). The number of anilines is 1. The van der Waals surface area contributed by atoms with Gasteiger partial charge in [0, 0.05) is 21.8 Å². The second kappa shape index (κ2) is 8.41. The SMILES string of the molecule is Cc1ccc(C(=O)NNC(=O)c2ccc(Cl)cc2)cc1NC(=O)c1ccco1. The van der Waals surface area contributed by atoms with Crippen LogP contribution >= 0.6 is 11.6 Å². The number of carbonyl (C=O) groups is 3. The molecular formula is C20H16ClN3O4. The molecule has 7 nitrogen and oxygen atoms in total. The summed E-state index contributed by atoms with van der Waals surface area (Å²) in [5.41, 5.74) is 6.50. The molecule has 0 atom stereocenters. The first-order valence-electron chi connectivity index (χ1n) is 8.26. The smallest absolute Gasteiger partial charge is 0.291 e. The lowest BCUT2D eigenvalue weighted by Crippen LogP contribution is -2.41. The monoisotopic (exact) mass is 397 g/mol. The van der Waals surface area contributed by atoms with Gasteiger partial charge in [0.05, 0.1) is 6.26 Å². The average Bonchev–Trinajstić information content (AvgIpc) is 3.23. The molecule has 3 amide bonds. The van der Waals surface area contributed by atoms with E-state index in [-0.39, 0.29) is 11.3 Å². The number of hydrazine groups is 1. The zero-order valence-corrected chi connectivity index (χ0v) is 15.5. The minimum Gasteiger partial charge on any atom is -0.459 e. The summed E-state index contributed by atoms with van der Waals surface area (Å²) < 4.78 is 5.05. The van der Waals surface area contributed by atoms with Gasteiger partial charge in [-0.3, -0.25) is 25.2 Å². The van der Waals surface area contributed by atoms with E-state index >= 15 is 0 Å². The average molecular weight is 398 g/mol. The Morgan fingerprint density at radius 1 is 0.857 bits per heavy atom. The van der Waals surface area contributed by atoms with Gasteiger partial charge in [0.1, 0.15) is 0 Å². The number of halogens is 1. The third-order valence-electron chi connectivity index (χ3n) is 3.89. The number of furan rings is 1. The van der Waals surface area contributed by atoms with Crippen molar-refractivity contribution in [3.8, 4) is 0 Å². The Morgan fingerprint density at radius 2 is 1.50 bits per heavy atom. The van der Waals surface area contributed by atoms with Gasteiger partial charge in [0.25, 0.3) is 17.7 Å². The van der Waals surface area contributed by atoms with Crippen molar-refractivity contribution in [2.75, 3.05) is 5.32 Å². The minimum absolute atomic E-state index is 0.157. The third-order valence-corrected chi connectivity index (χ3v) is 4.14. The second-order valence-electron chi connectivity index (χ2n) is 5.88. The molecule has 0 saturated heterocycles. The number of amides is 3. The normalized spacial score (nSPS) is 10.2. The van der Waals surface area contributed by atoms with Crippen molar-refractivity contribution in [3.63, 3.8) is 0 Å². The predicted molar refractivity (Wildman–Crippen MR) is 104 cm³/mol. The van der Waals surface area contributed by atoms with E-state index in [2.05, 4.69) is 16.2 Å². The molecule has 0 radical (unpaired) electrons. The van der Waals surface area contributed by atoms with Crippen molar-refractivity contribution in [1.29, 1.82) is 0 Å². The summed E-state index contributed by atoms with van der Waals surface area (Å²) in [6.45, 7) is 1.79. The van der Waals surface area contributed by atoms with Crippen LogP contribution in [0, 0.1) is 6.92 Å². The van der Waals surface area contributed by atoms with Crippen molar-refractivity contribution in [1.82, 2.24) is 10.9 Å². The molecule has 0 unspecified atom stereocenters. The molecular weight excluding hydrogens is 382 g/mol. The molecule has 0 aliphatic heterocycles. The zero-order chi connectivity index (χ0) is 20.1. The van der Waals surface area contributed by atoms with Crippen LogP contribution in [0.2, 0.25) is 5.02 Å². The van der Waals surface area contributed by atoms with Gasteiger partial charge in [-0.2, -0.15) is 0 Å². The van der Waals surface area contributed by atoms with Gasteiger partial charge in [-0.05, 0) is 61.0 Å². The summed E-state index contributed by atoms with van der Waals surface area (Å²) in [6, 6.07) is 14.2. The highest BCUT2D eigenvalue weighted by atomic mass is 35.5. The lowest BCUT2D eigenvalue weighted by Gasteiger charge is -2.11. The standard InChI is InChI=1S/C20H16ClN3O4/c1-12-4-5-14(11-16(12)22-20(27)17-3-2-10-28-17)19(26)24-23-18(25)13-6-8-15(21)9-7-13/h2-11H,1H3,(H,22,27)(H,23,25)(H,24,26). The van der Waals surface area contributed by atoms with Crippen molar-refractivity contribution in [2.45, 2.75) is 6.92 Å². The van der Waals surface area contributed by atoms with E-state index < -0.39 is 17.7 Å². The topological polar surface area (TPSA) is 100 Å². The minimum atomic E-state index is -0.532. The Bertz CT molecular complexity index is 1010. The molecule has 2 aromatic carbocycles. The van der Waals surface area contributed by atoms with Crippen LogP contribution in [0.15, 0.2) is 65.3 Å². The lowest BCUT2D eigenvalue weighted by atomic mass is 10.1. The number of carbonyl (C=O) groups excluding carboxylic acids is 3. The van der Waals surface area contributed by atoms with Crippen LogP contribution in [0.5, 0.6) is 0 Å². The molecule has 0 aliphatic carbocycles. The van der Waals surface area contributed by atoms with Crippen LogP contribution in [-0.2, 0) is 0 Å². The molecule has 8 heteroatoms. The van der Waals surface area contributed by atoms with Gasteiger partial charge in [-0.25, -0.2) is 0 Å². The number of rotatable bonds is 4. The van der Waals surface area contributed by atoms with E-state index in [0.29, 0.717) is 16.3 Å². The maximum Gasteiger partial charge on any atom is 0.291 e. The van der Waals surface area contributed by atoms with E-state index in [1.165, 1.54) is 30.5 Å². The number of nitrogens with one attached hydrogen (secondary N) is 3. The van der Waals surface area contributed by atoms with Gasteiger partial charge in [-0.1, -0.05) is 17.7 Å². The molecule has 28 heavy (non-hydrogen) atoms. The summed E-state index contributed by atoms with van der Waals surface area (Å²) >= 11 is 5.78. The fraction of sp³-hybridized carbons (Fsp3) is 0.0500. The van der Waals surface area contributed by atoms with E-state index in [1.54, 1.807) is 37.3 Å². The molecule has 3 aromatic rings. The molecule has 0 saturated carbocycles. The molecule has 0 fully saturated rings. The summed E-state index contributed by atoms with van der Waals surface area (Å²) in [7, 11) is 0. The molecule has 1 aromatic heterocycles. The molecule has 0 bridgehead atoms. The van der Waals surface area contributed by atoms with E-state index in [4.69, 9.17) is 16.0 Å². The number of hydrogen-bond acceptors (Lipinski definition) is 4. The first-order valence-corrected chi connectivity index (χ1v) is 8.63. The highest BCUT2D eigenvalue weighted by Gasteiger charge is 2.14. The van der Waals surface area contributed by atoms with Crippen molar-refractivity contribution < 1.29 is 18.8 Å². The molecule has 0 aliphatic rings. The van der Waals surface area contributed by atoms with Crippen LogP contribution in [0.4, 0.5) is 5.69 Å². The van der Waals surface area contributed by atoms with Crippen LogP contribution in [0.1, 0.15) is 36.8 Å².